The summed E-state index contributed by atoms with van der Waals surface area (Å²) in [5, 5.41) is 0.649. The van der Waals surface area contributed by atoms with Crippen molar-refractivity contribution in [2.75, 3.05) is 13.7 Å². The number of alkyl halides is 3. The number of aromatic nitrogens is 1. The van der Waals surface area contributed by atoms with Crippen molar-refractivity contribution in [2.45, 2.75) is 39.7 Å². The third-order valence-electron chi connectivity index (χ3n) is 5.73. The highest BCUT2D eigenvalue weighted by Crippen LogP contribution is 2.39. The summed E-state index contributed by atoms with van der Waals surface area (Å²) < 4.78 is 61.2. The molecule has 0 saturated carbocycles. The average molecular weight is 572 g/mol. The lowest BCUT2D eigenvalue weighted by Crippen LogP contribution is -2.13. The Labute approximate surface area is 234 Å². The van der Waals surface area contributed by atoms with Crippen LogP contribution in [0.1, 0.15) is 30.0 Å². The first-order chi connectivity index (χ1) is 19.0. The lowest BCUT2D eigenvalue weighted by molar-refractivity contribution is -0.143. The fourth-order valence-corrected chi connectivity index (χ4v) is 4.81. The van der Waals surface area contributed by atoms with E-state index >= 15 is 0 Å². The fourth-order valence-electron chi connectivity index (χ4n) is 3.81. The molecule has 0 aliphatic carbocycles. The molecular weight excluding hydrogens is 543 g/mol. The molecule has 0 aliphatic rings. The molecule has 4 aromatic rings. The third kappa shape index (κ3) is 7.32. The molecule has 6 nitrogen and oxygen atoms in total. The number of benzene rings is 3. The summed E-state index contributed by atoms with van der Waals surface area (Å²) in [4.78, 5) is 16.9. The summed E-state index contributed by atoms with van der Waals surface area (Å²) in [6, 6.07) is 17.7. The zero-order valence-electron chi connectivity index (χ0n) is 22.4. The molecule has 0 N–H and O–H groups in total. The summed E-state index contributed by atoms with van der Waals surface area (Å²) in [5.41, 5.74) is 2.13. The Morgan fingerprint density at radius 2 is 1.57 bits per heavy atom. The Bertz CT molecular complexity index is 1450. The van der Waals surface area contributed by atoms with Gasteiger partial charge in [0.05, 0.1) is 29.3 Å². The Morgan fingerprint density at radius 3 is 2.17 bits per heavy atom. The van der Waals surface area contributed by atoms with Crippen molar-refractivity contribution >= 4 is 17.3 Å². The highest BCUT2D eigenvalue weighted by Gasteiger charge is 2.30. The quantitative estimate of drug-likeness (QED) is 0.182. The van der Waals surface area contributed by atoms with Crippen LogP contribution in [0.25, 0.3) is 21.7 Å². The monoisotopic (exact) mass is 571 g/mol. The molecule has 4 rings (SSSR count). The first-order valence-corrected chi connectivity index (χ1v) is 13.2. The van der Waals surface area contributed by atoms with Crippen LogP contribution in [0.2, 0.25) is 0 Å². The maximum absolute atomic E-state index is 13.1. The van der Waals surface area contributed by atoms with E-state index in [2.05, 4.69) is 4.74 Å². The van der Waals surface area contributed by atoms with Gasteiger partial charge in [-0.25, -0.2) is 9.78 Å². The van der Waals surface area contributed by atoms with E-state index in [4.69, 9.17) is 19.2 Å². The molecular formula is C30H28F3NO5S. The van der Waals surface area contributed by atoms with Crippen LogP contribution in [0.3, 0.4) is 0 Å². The summed E-state index contributed by atoms with van der Waals surface area (Å²) in [6.07, 6.45) is -4.40. The van der Waals surface area contributed by atoms with E-state index in [-0.39, 0.29) is 19.3 Å². The minimum absolute atomic E-state index is 0.0219. The molecule has 0 saturated heterocycles. The number of methoxy groups -OCH3 is 1. The van der Waals surface area contributed by atoms with E-state index in [0.29, 0.717) is 33.5 Å². The van der Waals surface area contributed by atoms with Gasteiger partial charge in [0, 0.05) is 5.56 Å². The number of aryl methyl sites for hydroxylation is 1. The Balaban J connectivity index is 1.59. The molecule has 0 radical (unpaired) electrons. The van der Waals surface area contributed by atoms with E-state index < -0.39 is 17.7 Å². The number of hydrogen-bond acceptors (Lipinski definition) is 7. The third-order valence-corrected chi connectivity index (χ3v) is 6.81. The summed E-state index contributed by atoms with van der Waals surface area (Å²) in [7, 11) is 1.29. The largest absolute Gasteiger partial charge is 0.491 e. The van der Waals surface area contributed by atoms with Crippen LogP contribution >= 0.6 is 11.3 Å². The van der Waals surface area contributed by atoms with Gasteiger partial charge in [-0.15, -0.1) is 11.3 Å². The summed E-state index contributed by atoms with van der Waals surface area (Å²) >= 11 is 1.35. The molecule has 0 bridgehead atoms. The second kappa shape index (κ2) is 12.4. The molecule has 0 unspecified atom stereocenters. The van der Waals surface area contributed by atoms with Crippen LogP contribution in [0.5, 0.6) is 17.2 Å². The Morgan fingerprint density at radius 1 is 0.925 bits per heavy atom. The van der Waals surface area contributed by atoms with Crippen molar-refractivity contribution in [2.24, 2.45) is 0 Å². The number of hydrogen-bond donors (Lipinski definition) is 0. The van der Waals surface area contributed by atoms with E-state index in [1.165, 1.54) is 30.6 Å². The SMILES string of the molecule is COC(=O)COc1ccc(OCc2nc(-c3ccc(OC(C)C)cc3)c(-c3ccc(C(F)(F)F)cc3)s2)cc1C. The van der Waals surface area contributed by atoms with Crippen molar-refractivity contribution in [1.82, 2.24) is 4.98 Å². The normalized spacial score (nSPS) is 11.4. The molecule has 1 heterocycles. The van der Waals surface area contributed by atoms with Crippen LogP contribution in [-0.2, 0) is 22.3 Å². The van der Waals surface area contributed by atoms with Crippen LogP contribution in [0, 0.1) is 6.92 Å². The van der Waals surface area contributed by atoms with E-state index in [1.54, 1.807) is 18.2 Å². The minimum atomic E-state index is -4.42. The van der Waals surface area contributed by atoms with Crippen molar-refractivity contribution in [1.29, 1.82) is 0 Å². The van der Waals surface area contributed by atoms with Gasteiger partial charge in [0.15, 0.2) is 6.61 Å². The van der Waals surface area contributed by atoms with Gasteiger partial charge < -0.3 is 18.9 Å². The van der Waals surface area contributed by atoms with Crippen molar-refractivity contribution < 1.29 is 36.9 Å². The van der Waals surface area contributed by atoms with E-state index in [9.17, 15) is 18.0 Å². The molecule has 3 aromatic carbocycles. The molecule has 0 amide bonds. The van der Waals surface area contributed by atoms with Crippen molar-refractivity contribution in [3.63, 3.8) is 0 Å². The Hall–Kier alpha value is -4.05. The number of thiazole rings is 1. The minimum Gasteiger partial charge on any atom is -0.491 e. The highest BCUT2D eigenvalue weighted by atomic mass is 32.1. The standard InChI is InChI=1S/C30H28F3NO5S/c1-18(2)39-23-11-7-20(8-12-23)28-29(21-5-9-22(10-6-21)30(31,32)33)40-26(34-28)16-37-24-13-14-25(19(3)15-24)38-17-27(35)36-4/h5-15,18H,16-17H2,1-4H3. The Kier molecular flexibility index (Phi) is 8.99. The molecule has 40 heavy (non-hydrogen) atoms. The zero-order chi connectivity index (χ0) is 28.9. The number of nitrogens with zero attached hydrogens (tertiary/aromatic N) is 1. The predicted octanol–water partition coefficient (Wildman–Crippen LogP) is 7.72. The summed E-state index contributed by atoms with van der Waals surface area (Å²) in [6.45, 7) is 5.66. The molecule has 0 fully saturated rings. The number of carbonyl (C=O) groups excluding carboxylic acids is 1. The van der Waals surface area contributed by atoms with Crippen LogP contribution in [0.15, 0.2) is 66.7 Å². The maximum atomic E-state index is 13.1. The molecule has 210 valence electrons. The second-order valence-corrected chi connectivity index (χ2v) is 10.2. The van der Waals surface area contributed by atoms with Crippen molar-refractivity contribution in [3.05, 3.63) is 82.9 Å². The van der Waals surface area contributed by atoms with Crippen molar-refractivity contribution in [3.8, 4) is 38.9 Å². The van der Waals surface area contributed by atoms with Gasteiger partial charge in [-0.3, -0.25) is 0 Å². The second-order valence-electron chi connectivity index (χ2n) is 9.13. The smallest absolute Gasteiger partial charge is 0.416 e. The number of ether oxygens (including phenoxy) is 4. The molecule has 0 aliphatic heterocycles. The lowest BCUT2D eigenvalue weighted by Gasteiger charge is -2.10. The number of esters is 1. The molecule has 0 spiro atoms. The van der Waals surface area contributed by atoms with Gasteiger partial charge in [0.1, 0.15) is 28.9 Å². The van der Waals surface area contributed by atoms with Gasteiger partial charge in [-0.2, -0.15) is 13.2 Å². The van der Waals surface area contributed by atoms with E-state index in [1.807, 2.05) is 45.0 Å². The van der Waals surface area contributed by atoms with Crippen LogP contribution in [0.4, 0.5) is 13.2 Å². The van der Waals surface area contributed by atoms with E-state index in [0.717, 1.165) is 28.1 Å². The number of rotatable bonds is 10. The lowest BCUT2D eigenvalue weighted by atomic mass is 10.1. The van der Waals surface area contributed by atoms with Crippen LogP contribution in [-0.4, -0.2) is 30.8 Å². The topological polar surface area (TPSA) is 66.9 Å². The van der Waals surface area contributed by atoms with Gasteiger partial charge in [-0.05, 0) is 86.5 Å². The number of carbonyl (C=O) groups is 1. The average Bonchev–Trinajstić information content (AvgIpc) is 3.35. The van der Waals surface area contributed by atoms with Gasteiger partial charge in [0.2, 0.25) is 0 Å². The van der Waals surface area contributed by atoms with Gasteiger partial charge in [-0.1, -0.05) is 12.1 Å². The number of halogens is 3. The fraction of sp³-hybridized carbons (Fsp3) is 0.267. The van der Waals surface area contributed by atoms with Gasteiger partial charge in [0.25, 0.3) is 0 Å². The van der Waals surface area contributed by atoms with Gasteiger partial charge >= 0.3 is 12.1 Å². The highest BCUT2D eigenvalue weighted by molar-refractivity contribution is 7.15. The maximum Gasteiger partial charge on any atom is 0.416 e. The zero-order valence-corrected chi connectivity index (χ0v) is 23.2. The first kappa shape index (κ1) is 28.9. The molecule has 1 aromatic heterocycles. The summed E-state index contributed by atoms with van der Waals surface area (Å²) in [5.74, 6) is 1.34. The first-order valence-electron chi connectivity index (χ1n) is 12.4. The predicted molar refractivity (Wildman–Crippen MR) is 147 cm³/mol. The molecule has 10 heteroatoms. The molecule has 0 atom stereocenters. The van der Waals surface area contributed by atoms with Crippen LogP contribution < -0.4 is 14.2 Å².